The lowest BCUT2D eigenvalue weighted by atomic mass is 9.91. The molecule has 0 aliphatic heterocycles. The number of aromatic nitrogens is 2. The van der Waals surface area contributed by atoms with E-state index in [0.717, 1.165) is 11.4 Å². The second-order valence-corrected chi connectivity index (χ2v) is 12.0. The maximum atomic E-state index is 5.74. The van der Waals surface area contributed by atoms with Gasteiger partial charge in [0.25, 0.3) is 0 Å². The molecule has 0 saturated carbocycles. The average Bonchev–Trinajstić information content (AvgIpc) is 3.61. The van der Waals surface area contributed by atoms with Crippen LogP contribution in [0.4, 0.5) is 0 Å². The number of hydrogen-bond donors (Lipinski definition) is 0. The number of benzene rings is 2. The van der Waals surface area contributed by atoms with Gasteiger partial charge in [-0.3, -0.25) is 0 Å². The molecular formula is C37H47N2O+. The van der Waals surface area contributed by atoms with Crippen LogP contribution in [-0.2, 0) is 4.74 Å². The third-order valence-corrected chi connectivity index (χ3v) is 7.77. The zero-order valence-electron chi connectivity index (χ0n) is 25.9. The number of rotatable bonds is 10. The van der Waals surface area contributed by atoms with E-state index < -0.39 is 0 Å². The summed E-state index contributed by atoms with van der Waals surface area (Å²) in [6.07, 6.45) is 15.0. The number of nitrogens with zero attached hydrogens (tertiary/aromatic N) is 2. The Balaban J connectivity index is 2.20. The van der Waals surface area contributed by atoms with Crippen LogP contribution in [0.3, 0.4) is 0 Å². The first-order chi connectivity index (χ1) is 19.2. The van der Waals surface area contributed by atoms with E-state index >= 15 is 0 Å². The Morgan fingerprint density at radius 1 is 0.825 bits per heavy atom. The van der Waals surface area contributed by atoms with Gasteiger partial charge in [-0.2, -0.15) is 9.13 Å². The molecule has 1 heterocycles. The van der Waals surface area contributed by atoms with Crippen LogP contribution >= 0.6 is 0 Å². The van der Waals surface area contributed by atoms with E-state index in [1.807, 2.05) is 6.92 Å². The van der Waals surface area contributed by atoms with Crippen molar-refractivity contribution in [2.75, 3.05) is 6.61 Å². The Kier molecular flexibility index (Phi) is 9.38. The highest BCUT2D eigenvalue weighted by Crippen LogP contribution is 2.36. The van der Waals surface area contributed by atoms with Crippen molar-refractivity contribution in [3.05, 3.63) is 113 Å². The molecule has 0 radical (unpaired) electrons. The van der Waals surface area contributed by atoms with Crippen molar-refractivity contribution in [1.29, 1.82) is 0 Å². The molecule has 0 fully saturated rings. The van der Waals surface area contributed by atoms with Crippen LogP contribution in [0.2, 0.25) is 0 Å². The molecule has 40 heavy (non-hydrogen) atoms. The molecule has 0 N–H and O–H groups in total. The first kappa shape index (κ1) is 29.4. The van der Waals surface area contributed by atoms with Gasteiger partial charge in [-0.05, 0) is 30.6 Å². The van der Waals surface area contributed by atoms with E-state index in [1.165, 1.54) is 33.6 Å². The highest BCUT2D eigenvalue weighted by atomic mass is 16.5. The van der Waals surface area contributed by atoms with Crippen LogP contribution in [0.1, 0.15) is 114 Å². The minimum Gasteiger partial charge on any atom is -0.493 e. The van der Waals surface area contributed by atoms with E-state index in [0.29, 0.717) is 30.3 Å². The Morgan fingerprint density at radius 3 is 1.80 bits per heavy atom. The molecule has 0 unspecified atom stereocenters. The molecule has 0 spiro atoms. The van der Waals surface area contributed by atoms with Crippen LogP contribution < -0.4 is 4.57 Å². The van der Waals surface area contributed by atoms with Gasteiger partial charge in [-0.1, -0.05) is 122 Å². The van der Waals surface area contributed by atoms with Crippen molar-refractivity contribution in [3.63, 3.8) is 0 Å². The van der Waals surface area contributed by atoms with Crippen molar-refractivity contribution in [2.24, 2.45) is 5.92 Å². The number of para-hydroxylation sites is 2. The lowest BCUT2D eigenvalue weighted by Crippen LogP contribution is -2.38. The fourth-order valence-corrected chi connectivity index (χ4v) is 5.71. The lowest BCUT2D eigenvalue weighted by Gasteiger charge is -2.21. The third-order valence-electron chi connectivity index (χ3n) is 7.77. The molecule has 3 heteroatoms. The second kappa shape index (κ2) is 12.7. The lowest BCUT2D eigenvalue weighted by molar-refractivity contribution is -0.598. The smallest absolute Gasteiger partial charge is 0.304 e. The van der Waals surface area contributed by atoms with E-state index in [9.17, 15) is 0 Å². The summed E-state index contributed by atoms with van der Waals surface area (Å²) in [6.45, 7) is 20.9. The van der Waals surface area contributed by atoms with Crippen LogP contribution in [-0.4, -0.2) is 11.2 Å². The monoisotopic (exact) mass is 535 g/mol. The van der Waals surface area contributed by atoms with Crippen molar-refractivity contribution in [1.82, 2.24) is 4.57 Å². The number of ether oxygens (including phenoxy) is 1. The summed E-state index contributed by atoms with van der Waals surface area (Å²) < 4.78 is 10.6. The summed E-state index contributed by atoms with van der Waals surface area (Å²) >= 11 is 0. The molecule has 3 aromatic rings. The van der Waals surface area contributed by atoms with Crippen molar-refractivity contribution < 1.29 is 9.30 Å². The van der Waals surface area contributed by atoms with Crippen molar-refractivity contribution in [2.45, 2.75) is 86.0 Å². The number of hydrogen-bond acceptors (Lipinski definition) is 1. The average molecular weight is 536 g/mol. The van der Waals surface area contributed by atoms with Gasteiger partial charge >= 0.3 is 5.82 Å². The maximum absolute atomic E-state index is 5.74. The van der Waals surface area contributed by atoms with Crippen LogP contribution in [0, 0.1) is 5.92 Å². The van der Waals surface area contributed by atoms with Crippen molar-refractivity contribution >= 4 is 5.57 Å². The molecule has 4 rings (SSSR count). The normalized spacial score (nSPS) is 13.2. The second-order valence-electron chi connectivity index (χ2n) is 12.0. The van der Waals surface area contributed by atoms with Gasteiger partial charge < -0.3 is 4.74 Å². The largest absolute Gasteiger partial charge is 0.493 e. The predicted molar refractivity (Wildman–Crippen MR) is 169 cm³/mol. The zero-order chi connectivity index (χ0) is 29.0. The summed E-state index contributed by atoms with van der Waals surface area (Å²) in [4.78, 5) is 0. The van der Waals surface area contributed by atoms with Gasteiger partial charge in [0.2, 0.25) is 0 Å². The van der Waals surface area contributed by atoms with Gasteiger partial charge in [-0.25, -0.2) is 0 Å². The minimum atomic E-state index is 0.0963. The number of allylic oxidation sites excluding steroid dienone is 5. The molecular weight excluding hydrogens is 488 g/mol. The van der Waals surface area contributed by atoms with Crippen LogP contribution in [0.5, 0.6) is 0 Å². The Bertz CT molecular complexity index is 1310. The van der Waals surface area contributed by atoms with E-state index in [2.05, 4.69) is 143 Å². The quantitative estimate of drug-likeness (QED) is 0.144. The maximum Gasteiger partial charge on any atom is 0.304 e. The molecule has 0 saturated heterocycles. The fraction of sp³-hybridized carbons (Fsp3) is 0.405. The summed E-state index contributed by atoms with van der Waals surface area (Å²) in [5.74, 6) is 2.73. The Labute approximate surface area is 242 Å². The topological polar surface area (TPSA) is 18.0 Å². The molecule has 0 atom stereocenters. The standard InChI is InChI=1S/C37H47N2O/c1-10-40-24-21-34(29-15-11-12-16-29)37-38(35-30(25(2)3)17-13-18-31(35)26(4)5)22-23-39(37)36-32(27(6)7)19-14-20-33(36)28(8)9/h11-20,22-29H,10H2,1-9H3/q+1. The van der Waals surface area contributed by atoms with E-state index in [4.69, 9.17) is 4.74 Å². The molecule has 2 aromatic carbocycles. The van der Waals surface area contributed by atoms with Gasteiger partial charge in [0, 0.05) is 28.2 Å². The molecule has 3 nitrogen and oxygen atoms in total. The fourth-order valence-electron chi connectivity index (χ4n) is 5.71. The Morgan fingerprint density at radius 2 is 1.32 bits per heavy atom. The van der Waals surface area contributed by atoms with Gasteiger partial charge in [-0.15, -0.1) is 0 Å². The van der Waals surface area contributed by atoms with Crippen LogP contribution in [0.15, 0.2) is 85.1 Å². The SMILES string of the molecule is CCOC=C=C(c1n(-c2c(C(C)C)cccc2C(C)C)cc[n+]1-c1c(C(C)C)cccc1C(C)C)C1C=CC=C1. The molecule has 0 bridgehead atoms. The summed E-state index contributed by atoms with van der Waals surface area (Å²) in [5.41, 5.74) is 12.6. The summed E-state index contributed by atoms with van der Waals surface area (Å²) in [7, 11) is 0. The van der Waals surface area contributed by atoms with Gasteiger partial charge in [0.05, 0.1) is 12.2 Å². The van der Waals surface area contributed by atoms with Gasteiger partial charge in [0.1, 0.15) is 30.0 Å². The predicted octanol–water partition coefficient (Wildman–Crippen LogP) is 9.52. The molecule has 1 aliphatic carbocycles. The zero-order valence-corrected chi connectivity index (χ0v) is 25.9. The molecule has 210 valence electrons. The van der Waals surface area contributed by atoms with E-state index in [-0.39, 0.29) is 5.92 Å². The highest BCUT2D eigenvalue weighted by molar-refractivity contribution is 5.68. The third kappa shape index (κ3) is 5.81. The first-order valence-corrected chi connectivity index (χ1v) is 15.0. The van der Waals surface area contributed by atoms with Crippen molar-refractivity contribution in [3.8, 4) is 11.4 Å². The first-order valence-electron chi connectivity index (χ1n) is 15.0. The summed E-state index contributed by atoms with van der Waals surface area (Å²) in [5, 5.41) is 0. The molecule has 0 amide bonds. The number of imidazole rings is 1. The minimum absolute atomic E-state index is 0.0963. The van der Waals surface area contributed by atoms with Gasteiger partial charge in [0.15, 0.2) is 0 Å². The molecule has 1 aliphatic rings. The summed E-state index contributed by atoms with van der Waals surface area (Å²) in [6, 6.07) is 13.6. The van der Waals surface area contributed by atoms with Crippen LogP contribution in [0.25, 0.3) is 16.9 Å². The molecule has 1 aromatic heterocycles. The highest BCUT2D eigenvalue weighted by Gasteiger charge is 2.34. The van der Waals surface area contributed by atoms with E-state index in [1.54, 1.807) is 6.26 Å². The Hall–Kier alpha value is -3.55.